The summed E-state index contributed by atoms with van der Waals surface area (Å²) in [5, 5.41) is 0. The van der Waals surface area contributed by atoms with Crippen molar-refractivity contribution in [3.05, 3.63) is 59.7 Å². The van der Waals surface area contributed by atoms with Crippen LogP contribution in [0.1, 0.15) is 15.9 Å². The molecule has 0 aliphatic carbocycles. The van der Waals surface area contributed by atoms with Gasteiger partial charge in [-0.05, 0) is 49.6 Å². The predicted molar refractivity (Wildman–Crippen MR) is 93.0 cm³/mol. The largest absolute Gasteiger partial charge is 0.497 e. The van der Waals surface area contributed by atoms with Crippen molar-refractivity contribution in [1.29, 1.82) is 0 Å². The third kappa shape index (κ3) is 3.76. The number of sulfone groups is 1. The highest BCUT2D eigenvalue weighted by molar-refractivity contribution is 8.14. The van der Waals surface area contributed by atoms with Gasteiger partial charge in [0, 0.05) is 5.56 Å². The van der Waals surface area contributed by atoms with E-state index in [1.165, 1.54) is 19.2 Å². The molecule has 23 heavy (non-hydrogen) atoms. The smallest absolute Gasteiger partial charge is 0.198 e. The van der Waals surface area contributed by atoms with Gasteiger partial charge in [0.1, 0.15) is 5.75 Å². The second-order valence-corrected chi connectivity index (χ2v) is 8.29. The van der Waals surface area contributed by atoms with Gasteiger partial charge >= 0.3 is 0 Å². The number of carbonyl (C=O) groups excluding carboxylic acids is 1. The first-order valence-corrected chi connectivity index (χ1v) is 9.75. The average molecular weight is 350 g/mol. The number of ether oxygens (including phenoxy) is 1. The molecule has 0 spiro atoms. The summed E-state index contributed by atoms with van der Waals surface area (Å²) < 4.78 is 29.4. The lowest BCUT2D eigenvalue weighted by Gasteiger charge is -2.15. The minimum absolute atomic E-state index is 0.157. The Hall–Kier alpha value is -1.79. The molecule has 0 N–H and O–H groups in total. The fourth-order valence-corrected chi connectivity index (χ4v) is 5.00. The summed E-state index contributed by atoms with van der Waals surface area (Å²) in [4.78, 5) is 12.8. The summed E-state index contributed by atoms with van der Waals surface area (Å²) in [7, 11) is -2.22. The maximum Gasteiger partial charge on any atom is 0.198 e. The van der Waals surface area contributed by atoms with Crippen LogP contribution in [0.3, 0.4) is 0 Å². The van der Waals surface area contributed by atoms with Crippen LogP contribution >= 0.6 is 11.8 Å². The first kappa shape index (κ1) is 17.6. The van der Waals surface area contributed by atoms with Crippen molar-refractivity contribution in [3.8, 4) is 5.75 Å². The van der Waals surface area contributed by atoms with Crippen LogP contribution in [-0.4, -0.2) is 32.1 Å². The van der Waals surface area contributed by atoms with Gasteiger partial charge in [-0.15, -0.1) is 11.8 Å². The van der Waals surface area contributed by atoms with Crippen molar-refractivity contribution in [3.63, 3.8) is 0 Å². The lowest BCUT2D eigenvalue weighted by molar-refractivity contribution is 0.101. The monoisotopic (exact) mass is 350 g/mol. The minimum atomic E-state index is -3.75. The van der Waals surface area contributed by atoms with E-state index in [-0.39, 0.29) is 4.90 Å². The predicted octanol–water partition coefficient (Wildman–Crippen LogP) is 3.35. The van der Waals surface area contributed by atoms with Crippen molar-refractivity contribution >= 4 is 27.4 Å². The average Bonchev–Trinajstić information content (AvgIpc) is 2.55. The molecule has 0 amide bonds. The minimum Gasteiger partial charge on any atom is -0.497 e. The highest BCUT2D eigenvalue weighted by Crippen LogP contribution is 2.27. The van der Waals surface area contributed by atoms with Crippen molar-refractivity contribution in [1.82, 2.24) is 0 Å². The highest BCUT2D eigenvalue weighted by Gasteiger charge is 2.33. The number of methoxy groups -OCH3 is 1. The molecule has 0 saturated heterocycles. The van der Waals surface area contributed by atoms with Crippen molar-refractivity contribution < 1.29 is 17.9 Å². The zero-order valence-electron chi connectivity index (χ0n) is 13.1. The number of hydrogen-bond donors (Lipinski definition) is 0. The Bertz CT molecular complexity index is 778. The SMILES string of the molecule is COc1ccc(C(=O)C(SC)S(=O)(=O)c2ccc(C)cc2)cc1. The van der Waals surface area contributed by atoms with Crippen LogP contribution < -0.4 is 4.74 Å². The Morgan fingerprint density at radius 1 is 1.04 bits per heavy atom. The first-order chi connectivity index (χ1) is 10.9. The zero-order valence-corrected chi connectivity index (χ0v) is 14.8. The molecular weight excluding hydrogens is 332 g/mol. The lowest BCUT2D eigenvalue weighted by atomic mass is 10.1. The molecule has 0 aliphatic rings. The van der Waals surface area contributed by atoms with E-state index in [4.69, 9.17) is 4.74 Å². The quantitative estimate of drug-likeness (QED) is 0.748. The third-order valence-corrected chi connectivity index (χ3v) is 7.12. The number of hydrogen-bond acceptors (Lipinski definition) is 5. The van der Waals surface area contributed by atoms with Crippen LogP contribution in [0.2, 0.25) is 0 Å². The Balaban J connectivity index is 2.36. The Morgan fingerprint density at radius 3 is 2.09 bits per heavy atom. The maximum atomic E-state index is 12.7. The van der Waals surface area contributed by atoms with Crippen LogP contribution in [-0.2, 0) is 9.84 Å². The molecule has 4 nitrogen and oxygen atoms in total. The van der Waals surface area contributed by atoms with Crippen LogP contribution in [0.5, 0.6) is 5.75 Å². The van der Waals surface area contributed by atoms with E-state index in [1.807, 2.05) is 6.92 Å². The number of rotatable bonds is 6. The molecule has 0 bridgehead atoms. The fourth-order valence-electron chi connectivity index (χ4n) is 2.12. The molecule has 0 aromatic heterocycles. The van der Waals surface area contributed by atoms with Gasteiger partial charge in [-0.25, -0.2) is 8.42 Å². The van der Waals surface area contributed by atoms with Gasteiger partial charge in [-0.2, -0.15) is 0 Å². The van der Waals surface area contributed by atoms with E-state index in [2.05, 4.69) is 0 Å². The van der Waals surface area contributed by atoms with Crippen LogP contribution in [0.25, 0.3) is 0 Å². The molecule has 0 fully saturated rings. The van der Waals surface area contributed by atoms with Gasteiger partial charge in [0.15, 0.2) is 20.2 Å². The lowest BCUT2D eigenvalue weighted by Crippen LogP contribution is -2.27. The molecule has 2 rings (SSSR count). The molecule has 0 aliphatic heterocycles. The second kappa shape index (κ2) is 7.19. The number of aryl methyl sites for hydroxylation is 1. The summed E-state index contributed by atoms with van der Waals surface area (Å²) in [5.74, 6) is 0.185. The van der Waals surface area contributed by atoms with Gasteiger partial charge in [-0.1, -0.05) is 17.7 Å². The van der Waals surface area contributed by atoms with E-state index < -0.39 is 20.2 Å². The first-order valence-electron chi connectivity index (χ1n) is 6.92. The summed E-state index contributed by atoms with van der Waals surface area (Å²) in [6, 6.07) is 13.0. The van der Waals surface area contributed by atoms with Gasteiger partial charge in [0.25, 0.3) is 0 Å². The van der Waals surface area contributed by atoms with Gasteiger partial charge in [-0.3, -0.25) is 4.79 Å². The summed E-state index contributed by atoms with van der Waals surface area (Å²) >= 11 is 1.02. The zero-order chi connectivity index (χ0) is 17.0. The highest BCUT2D eigenvalue weighted by atomic mass is 32.3. The maximum absolute atomic E-state index is 12.7. The molecule has 2 aromatic rings. The van der Waals surface area contributed by atoms with Crippen molar-refractivity contribution in [2.24, 2.45) is 0 Å². The molecule has 1 unspecified atom stereocenters. The Morgan fingerprint density at radius 2 is 1.61 bits per heavy atom. The number of ketones is 1. The molecule has 1 atom stereocenters. The van der Waals surface area contributed by atoms with Crippen molar-refractivity contribution in [2.45, 2.75) is 16.4 Å². The van der Waals surface area contributed by atoms with E-state index in [0.717, 1.165) is 17.3 Å². The summed E-state index contributed by atoms with van der Waals surface area (Å²) in [6.07, 6.45) is 1.62. The van der Waals surface area contributed by atoms with E-state index in [1.54, 1.807) is 42.7 Å². The standard InChI is InChI=1S/C17H18O4S2/c1-12-4-10-15(11-5-12)23(19,20)17(22-3)16(18)13-6-8-14(21-2)9-7-13/h4-11,17H,1-3H3. The molecule has 0 heterocycles. The summed E-state index contributed by atoms with van der Waals surface area (Å²) in [5.41, 5.74) is 1.31. The van der Waals surface area contributed by atoms with E-state index in [0.29, 0.717) is 11.3 Å². The van der Waals surface area contributed by atoms with Gasteiger partial charge < -0.3 is 4.74 Å². The normalized spacial score (nSPS) is 12.7. The molecule has 2 aromatic carbocycles. The summed E-state index contributed by atoms with van der Waals surface area (Å²) in [6.45, 7) is 1.88. The van der Waals surface area contributed by atoms with Crippen molar-refractivity contribution in [2.75, 3.05) is 13.4 Å². The van der Waals surface area contributed by atoms with Crippen LogP contribution in [0.4, 0.5) is 0 Å². The van der Waals surface area contributed by atoms with Crippen LogP contribution in [0.15, 0.2) is 53.4 Å². The van der Waals surface area contributed by atoms with Gasteiger partial charge in [0.05, 0.1) is 12.0 Å². The molecule has 6 heteroatoms. The second-order valence-electron chi connectivity index (χ2n) is 5.02. The van der Waals surface area contributed by atoms with E-state index in [9.17, 15) is 13.2 Å². The van der Waals surface area contributed by atoms with Crippen LogP contribution in [0, 0.1) is 6.92 Å². The van der Waals surface area contributed by atoms with Gasteiger partial charge in [0.2, 0.25) is 0 Å². The number of Topliss-reactive ketones (excluding diaryl/α,β-unsaturated/α-hetero) is 1. The molecule has 122 valence electrons. The number of carbonyl (C=O) groups is 1. The topological polar surface area (TPSA) is 60.4 Å². The number of benzene rings is 2. The third-order valence-electron chi connectivity index (χ3n) is 3.43. The molecular formula is C17H18O4S2. The number of thioether (sulfide) groups is 1. The Labute approximate surface area is 140 Å². The van der Waals surface area contributed by atoms with E-state index >= 15 is 0 Å². The fraction of sp³-hybridized carbons (Fsp3) is 0.235. The Kier molecular flexibility index (Phi) is 5.49. The molecule has 0 radical (unpaired) electrons. The molecule has 0 saturated carbocycles.